The van der Waals surface area contributed by atoms with Crippen LogP contribution in [0.15, 0.2) is 18.2 Å². The fourth-order valence-electron chi connectivity index (χ4n) is 2.52. The molecule has 19 heavy (non-hydrogen) atoms. The molecule has 0 aliphatic heterocycles. The van der Waals surface area contributed by atoms with E-state index in [4.69, 9.17) is 17.3 Å². The number of halogens is 2. The molecule has 0 spiro atoms. The summed E-state index contributed by atoms with van der Waals surface area (Å²) in [7, 11) is 0. The summed E-state index contributed by atoms with van der Waals surface area (Å²) in [6.07, 6.45) is 4.58. The van der Waals surface area contributed by atoms with E-state index in [1.165, 1.54) is 25.3 Å². The normalized spacial score (nSPS) is 15.5. The maximum absolute atomic E-state index is 14.1. The first-order valence-electron chi connectivity index (χ1n) is 6.44. The van der Waals surface area contributed by atoms with E-state index in [1.54, 1.807) is 12.1 Å². The maximum atomic E-state index is 14.1. The first kappa shape index (κ1) is 12.5. The molecule has 1 fully saturated rings. The Morgan fingerprint density at radius 1 is 1.42 bits per heavy atom. The number of aromatic nitrogens is 2. The number of rotatable bonds is 3. The van der Waals surface area contributed by atoms with Crippen molar-refractivity contribution in [2.45, 2.75) is 25.7 Å². The van der Waals surface area contributed by atoms with E-state index in [-0.39, 0.29) is 5.02 Å². The average molecular weight is 280 g/mol. The van der Waals surface area contributed by atoms with Crippen LogP contribution in [0.25, 0.3) is 11.1 Å². The van der Waals surface area contributed by atoms with Crippen molar-refractivity contribution < 1.29 is 4.39 Å². The second-order valence-electron chi connectivity index (χ2n) is 5.06. The molecular weight excluding hydrogens is 265 g/mol. The van der Waals surface area contributed by atoms with Gasteiger partial charge in [0.1, 0.15) is 5.82 Å². The Morgan fingerprint density at radius 2 is 2.21 bits per heavy atom. The second-order valence-corrected chi connectivity index (χ2v) is 5.47. The number of nitrogen functional groups attached to an aromatic ring is 1. The zero-order chi connectivity index (χ0) is 13.4. The number of H-pyrrole nitrogens is 1. The van der Waals surface area contributed by atoms with Gasteiger partial charge in [0, 0.05) is 16.8 Å². The van der Waals surface area contributed by atoms with Crippen molar-refractivity contribution in [3.63, 3.8) is 0 Å². The molecule has 3 rings (SSSR count). The van der Waals surface area contributed by atoms with E-state index in [0.717, 1.165) is 12.1 Å². The lowest BCUT2D eigenvalue weighted by Gasteiger charge is -2.25. The first-order chi connectivity index (χ1) is 9.16. The Bertz CT molecular complexity index is 605. The van der Waals surface area contributed by atoms with Crippen molar-refractivity contribution in [3.8, 4) is 11.1 Å². The molecule has 1 aromatic heterocycles. The monoisotopic (exact) mass is 279 g/mol. The highest BCUT2D eigenvalue weighted by molar-refractivity contribution is 6.31. The number of benzene rings is 1. The van der Waals surface area contributed by atoms with Gasteiger partial charge in [-0.05, 0) is 18.4 Å². The minimum atomic E-state index is -0.438. The van der Waals surface area contributed by atoms with Crippen LogP contribution in [0.2, 0.25) is 5.02 Å². The van der Waals surface area contributed by atoms with Crippen molar-refractivity contribution in [1.82, 2.24) is 10.2 Å². The van der Waals surface area contributed by atoms with Gasteiger partial charge < -0.3 is 5.73 Å². The van der Waals surface area contributed by atoms with E-state index in [1.807, 2.05) is 0 Å². The van der Waals surface area contributed by atoms with Gasteiger partial charge in [-0.2, -0.15) is 5.10 Å². The summed E-state index contributed by atoms with van der Waals surface area (Å²) < 4.78 is 14.1. The first-order valence-corrected chi connectivity index (χ1v) is 6.81. The van der Waals surface area contributed by atoms with Gasteiger partial charge in [0.15, 0.2) is 5.82 Å². The maximum Gasteiger partial charge on any atom is 0.153 e. The number of hydrogen-bond donors (Lipinski definition) is 2. The molecule has 3 N–H and O–H groups in total. The Kier molecular flexibility index (Phi) is 3.19. The molecule has 1 aliphatic rings. The average Bonchev–Trinajstić information content (AvgIpc) is 2.69. The van der Waals surface area contributed by atoms with Gasteiger partial charge in [0.2, 0.25) is 0 Å². The van der Waals surface area contributed by atoms with Crippen molar-refractivity contribution in [3.05, 3.63) is 34.7 Å². The van der Waals surface area contributed by atoms with Gasteiger partial charge in [-0.3, -0.25) is 5.10 Å². The van der Waals surface area contributed by atoms with Crippen molar-refractivity contribution in [1.29, 1.82) is 0 Å². The zero-order valence-corrected chi connectivity index (χ0v) is 11.2. The molecule has 1 heterocycles. The summed E-state index contributed by atoms with van der Waals surface area (Å²) >= 11 is 5.83. The molecule has 0 amide bonds. The van der Waals surface area contributed by atoms with Crippen LogP contribution in [-0.4, -0.2) is 10.2 Å². The van der Waals surface area contributed by atoms with Crippen LogP contribution in [-0.2, 0) is 6.42 Å². The highest BCUT2D eigenvalue weighted by Gasteiger charge is 2.23. The molecule has 2 aromatic rings. The van der Waals surface area contributed by atoms with Crippen LogP contribution in [0, 0.1) is 11.7 Å². The lowest BCUT2D eigenvalue weighted by Crippen LogP contribution is -2.14. The second kappa shape index (κ2) is 4.85. The van der Waals surface area contributed by atoms with Crippen molar-refractivity contribution in [2.75, 3.05) is 5.73 Å². The summed E-state index contributed by atoms with van der Waals surface area (Å²) in [6, 6.07) is 4.94. The van der Waals surface area contributed by atoms with Crippen molar-refractivity contribution >= 4 is 17.4 Å². The summed E-state index contributed by atoms with van der Waals surface area (Å²) in [4.78, 5) is 0. The van der Waals surface area contributed by atoms with Crippen LogP contribution in [0.3, 0.4) is 0 Å². The fraction of sp³-hybridized carbons (Fsp3) is 0.357. The Hall–Kier alpha value is -1.55. The third-order valence-electron chi connectivity index (χ3n) is 3.81. The van der Waals surface area contributed by atoms with Crippen LogP contribution >= 0.6 is 11.6 Å². The van der Waals surface area contributed by atoms with Crippen LogP contribution in [0.4, 0.5) is 10.2 Å². The van der Waals surface area contributed by atoms with Crippen LogP contribution in [0.1, 0.15) is 25.0 Å². The minimum absolute atomic E-state index is 0.104. The molecule has 1 aliphatic carbocycles. The molecule has 0 atom stereocenters. The third-order valence-corrected chi connectivity index (χ3v) is 4.10. The standard InChI is InChI=1S/C14H15ClFN3/c15-10-6-2-5-9(13(10)16)12-11(18-19-14(12)17)7-8-3-1-4-8/h2,5-6,8H,1,3-4,7H2,(H3,17,18,19). The number of anilines is 1. The quantitative estimate of drug-likeness (QED) is 0.898. The Morgan fingerprint density at radius 3 is 2.89 bits per heavy atom. The number of hydrogen-bond acceptors (Lipinski definition) is 2. The lowest BCUT2D eigenvalue weighted by molar-refractivity contribution is 0.312. The topological polar surface area (TPSA) is 54.7 Å². The number of nitrogens with two attached hydrogens (primary N) is 1. The van der Waals surface area contributed by atoms with Gasteiger partial charge in [-0.15, -0.1) is 0 Å². The number of nitrogens with one attached hydrogen (secondary N) is 1. The molecule has 0 radical (unpaired) electrons. The third kappa shape index (κ3) is 2.21. The summed E-state index contributed by atoms with van der Waals surface area (Å²) in [5.41, 5.74) is 7.86. The molecule has 3 nitrogen and oxygen atoms in total. The smallest absolute Gasteiger partial charge is 0.153 e. The molecule has 100 valence electrons. The van der Waals surface area contributed by atoms with E-state index in [2.05, 4.69) is 10.2 Å². The van der Waals surface area contributed by atoms with Gasteiger partial charge in [0.05, 0.1) is 5.02 Å². The summed E-state index contributed by atoms with van der Waals surface area (Å²) in [5, 5.41) is 7.06. The van der Waals surface area contributed by atoms with E-state index in [9.17, 15) is 4.39 Å². The Labute approximate surface area is 116 Å². The predicted octanol–water partition coefficient (Wildman–Crippen LogP) is 3.79. The number of nitrogens with zero attached hydrogens (tertiary/aromatic N) is 1. The zero-order valence-electron chi connectivity index (χ0n) is 10.4. The molecule has 0 bridgehead atoms. The predicted molar refractivity (Wildman–Crippen MR) is 74.4 cm³/mol. The van der Waals surface area contributed by atoms with E-state index >= 15 is 0 Å². The van der Waals surface area contributed by atoms with Crippen LogP contribution in [0.5, 0.6) is 0 Å². The summed E-state index contributed by atoms with van der Waals surface area (Å²) in [6.45, 7) is 0. The van der Waals surface area contributed by atoms with E-state index in [0.29, 0.717) is 22.9 Å². The van der Waals surface area contributed by atoms with Gasteiger partial charge in [-0.25, -0.2) is 4.39 Å². The van der Waals surface area contributed by atoms with Crippen molar-refractivity contribution in [2.24, 2.45) is 5.92 Å². The fourth-order valence-corrected chi connectivity index (χ4v) is 2.70. The molecule has 1 saturated carbocycles. The molecule has 5 heteroatoms. The van der Waals surface area contributed by atoms with Gasteiger partial charge >= 0.3 is 0 Å². The SMILES string of the molecule is Nc1n[nH]c(CC2CCC2)c1-c1cccc(Cl)c1F. The van der Waals surface area contributed by atoms with E-state index < -0.39 is 5.82 Å². The molecule has 0 saturated heterocycles. The Balaban J connectivity index is 2.03. The largest absolute Gasteiger partial charge is 0.382 e. The van der Waals surface area contributed by atoms with Gasteiger partial charge in [0.25, 0.3) is 0 Å². The molecule has 0 unspecified atom stereocenters. The molecule has 1 aromatic carbocycles. The highest BCUT2D eigenvalue weighted by Crippen LogP contribution is 2.37. The summed E-state index contributed by atoms with van der Waals surface area (Å²) in [5.74, 6) is 0.545. The minimum Gasteiger partial charge on any atom is -0.382 e. The van der Waals surface area contributed by atoms with Gasteiger partial charge in [-0.1, -0.05) is 43.0 Å². The number of aromatic amines is 1. The lowest BCUT2D eigenvalue weighted by atomic mass is 9.81. The molecular formula is C14H15ClFN3. The highest BCUT2D eigenvalue weighted by atomic mass is 35.5. The van der Waals surface area contributed by atoms with Crippen LogP contribution < -0.4 is 5.73 Å².